The number of methoxy groups -OCH3 is 1. The van der Waals surface area contributed by atoms with E-state index in [4.69, 9.17) is 31.3 Å². The van der Waals surface area contributed by atoms with E-state index in [1.807, 2.05) is 0 Å². The van der Waals surface area contributed by atoms with Gasteiger partial charge in [-0.1, -0.05) is 0 Å². The molecule has 0 spiro atoms. The molecule has 2 rings (SSSR count). The summed E-state index contributed by atoms with van der Waals surface area (Å²) in [6.07, 6.45) is -4.26. The third kappa shape index (κ3) is 10.6. The lowest BCUT2D eigenvalue weighted by atomic mass is 9.82. The number of nitrogens with one attached hydrogen (secondary N) is 2. The fraction of sp³-hybridized carbons (Fsp3) is 0.913. The average Bonchev–Trinajstić information content (AvgIpc) is 3.18. The first kappa shape index (κ1) is 35.0. The summed E-state index contributed by atoms with van der Waals surface area (Å²) < 4.78 is 43.6. The van der Waals surface area contributed by atoms with Crippen molar-refractivity contribution in [3.63, 3.8) is 0 Å². The Morgan fingerprint density at radius 2 is 1.80 bits per heavy atom. The van der Waals surface area contributed by atoms with Crippen LogP contribution in [0.3, 0.4) is 0 Å². The van der Waals surface area contributed by atoms with E-state index < -0.39 is 75.1 Å². The van der Waals surface area contributed by atoms with E-state index in [9.17, 15) is 34.4 Å². The normalized spacial score (nSPS) is 33.8. The van der Waals surface area contributed by atoms with Crippen molar-refractivity contribution in [2.75, 3.05) is 40.6 Å². The van der Waals surface area contributed by atoms with Gasteiger partial charge in [0.1, 0.15) is 44.4 Å². The minimum atomic E-state index is -4.28. The number of carbonyl (C=O) groups excluding carboxylic acids is 2. The first-order chi connectivity index (χ1) is 18.9. The topological polar surface area (TPSA) is 212 Å². The summed E-state index contributed by atoms with van der Waals surface area (Å²) in [4.78, 5) is 33.5. The first-order valence-electron chi connectivity index (χ1n) is 13.2. The Morgan fingerprint density at radius 1 is 1.07 bits per heavy atom. The van der Waals surface area contributed by atoms with Crippen LogP contribution in [0.4, 0.5) is 0 Å². The monoisotopic (exact) mass is 596 g/mol. The molecular formula is C23H42BN2O13P. The van der Waals surface area contributed by atoms with Crippen LogP contribution in [0.25, 0.3) is 0 Å². The van der Waals surface area contributed by atoms with Gasteiger partial charge in [-0.3, -0.25) is 18.6 Å². The van der Waals surface area contributed by atoms with Gasteiger partial charge in [0.25, 0.3) is 0 Å². The third-order valence-electron chi connectivity index (χ3n) is 6.73. The second kappa shape index (κ2) is 17.1. The molecule has 6 N–H and O–H groups in total. The maximum absolute atomic E-state index is 12.2. The number of hydrogen-bond acceptors (Lipinski definition) is 12. The molecule has 40 heavy (non-hydrogen) atoms. The van der Waals surface area contributed by atoms with Crippen molar-refractivity contribution >= 4 is 27.5 Å². The molecule has 2 heterocycles. The molecule has 2 saturated heterocycles. The van der Waals surface area contributed by atoms with Crippen LogP contribution >= 0.6 is 7.82 Å². The van der Waals surface area contributed by atoms with Gasteiger partial charge in [0.05, 0.1) is 13.2 Å². The number of carbonyl (C=O) groups is 2. The lowest BCUT2D eigenvalue weighted by molar-refractivity contribution is -0.270. The maximum Gasteiger partial charge on any atom is 0.472 e. The molecule has 2 unspecified atom stereocenters. The Morgan fingerprint density at radius 3 is 2.42 bits per heavy atom. The lowest BCUT2D eigenvalue weighted by Crippen LogP contribution is -2.64. The van der Waals surface area contributed by atoms with Gasteiger partial charge in [-0.05, 0) is 25.7 Å². The van der Waals surface area contributed by atoms with Gasteiger partial charge in [-0.25, -0.2) is 4.57 Å². The highest BCUT2D eigenvalue weighted by Crippen LogP contribution is 2.48. The van der Waals surface area contributed by atoms with Gasteiger partial charge >= 0.3 is 7.82 Å². The molecule has 2 aliphatic heterocycles. The largest absolute Gasteiger partial charge is 0.472 e. The molecular weight excluding hydrogens is 554 g/mol. The van der Waals surface area contributed by atoms with Crippen LogP contribution in [-0.2, 0) is 42.1 Å². The number of phosphoric ester groups is 1. The molecule has 0 aromatic heterocycles. The summed E-state index contributed by atoms with van der Waals surface area (Å²) in [5.74, 6) is -1.05. The van der Waals surface area contributed by atoms with Crippen molar-refractivity contribution in [2.24, 2.45) is 5.92 Å². The molecule has 0 aromatic carbocycles. The quantitative estimate of drug-likeness (QED) is 0.0629. The highest BCUT2D eigenvalue weighted by Gasteiger charge is 2.46. The Labute approximate surface area is 235 Å². The number of ether oxygens (including phenoxy) is 4. The summed E-state index contributed by atoms with van der Waals surface area (Å²) >= 11 is 0. The summed E-state index contributed by atoms with van der Waals surface area (Å²) in [7, 11) is 4.31. The minimum absolute atomic E-state index is 0.115. The van der Waals surface area contributed by atoms with E-state index in [2.05, 4.69) is 15.2 Å². The molecule has 2 fully saturated rings. The van der Waals surface area contributed by atoms with Crippen LogP contribution < -0.4 is 10.6 Å². The Kier molecular flexibility index (Phi) is 15.0. The SMILES string of the molecule is [B][C@@H]1O[C@H](COC)[C@H](OP(=O)(O)OC)C1CCCNC(=O)CCCCO[C@@H]1O[C@H](CO)[C@H](O)[C@H](O)[C@H]1NC(C)=O. The zero-order valence-electron chi connectivity index (χ0n) is 23.0. The molecule has 0 bridgehead atoms. The van der Waals surface area contributed by atoms with Gasteiger partial charge in [-0.2, -0.15) is 0 Å². The van der Waals surface area contributed by atoms with Gasteiger partial charge < -0.3 is 49.8 Å². The predicted octanol–water partition coefficient (Wildman–Crippen LogP) is -1.70. The predicted molar refractivity (Wildman–Crippen MR) is 139 cm³/mol. The first-order valence-corrected chi connectivity index (χ1v) is 14.7. The summed E-state index contributed by atoms with van der Waals surface area (Å²) in [5, 5.41) is 35.0. The van der Waals surface area contributed by atoms with E-state index in [1.165, 1.54) is 14.0 Å². The molecule has 0 aliphatic carbocycles. The fourth-order valence-electron chi connectivity index (χ4n) is 4.67. The highest BCUT2D eigenvalue weighted by molar-refractivity contribution is 7.47. The zero-order chi connectivity index (χ0) is 29.9. The summed E-state index contributed by atoms with van der Waals surface area (Å²) in [6, 6.07) is -1.77. The second-order valence-corrected chi connectivity index (χ2v) is 11.2. The number of phosphoric acid groups is 1. The number of hydrogen-bond donors (Lipinski definition) is 6. The van der Waals surface area contributed by atoms with Crippen molar-refractivity contribution in [3.8, 4) is 0 Å². The summed E-state index contributed by atoms with van der Waals surface area (Å²) in [6.45, 7) is 1.32. The van der Waals surface area contributed by atoms with Crippen LogP contribution in [0.1, 0.15) is 39.0 Å². The molecule has 10 atom stereocenters. The lowest BCUT2D eigenvalue weighted by Gasteiger charge is -2.42. The average molecular weight is 596 g/mol. The van der Waals surface area contributed by atoms with E-state index in [1.54, 1.807) is 0 Å². The van der Waals surface area contributed by atoms with Crippen LogP contribution in [0, 0.1) is 5.92 Å². The molecule has 2 aliphatic rings. The fourth-order valence-corrected chi connectivity index (χ4v) is 5.35. The van der Waals surface area contributed by atoms with Crippen molar-refractivity contribution in [2.45, 2.75) is 87.9 Å². The van der Waals surface area contributed by atoms with Crippen LogP contribution in [-0.4, -0.2) is 129 Å². The Balaban J connectivity index is 1.71. The zero-order valence-corrected chi connectivity index (χ0v) is 23.9. The van der Waals surface area contributed by atoms with E-state index in [0.29, 0.717) is 32.2 Å². The van der Waals surface area contributed by atoms with Gasteiger partial charge in [0.15, 0.2) is 6.29 Å². The molecule has 2 amide bonds. The van der Waals surface area contributed by atoms with Gasteiger partial charge in [0.2, 0.25) is 11.8 Å². The Hall–Kier alpha value is -1.17. The standard InChI is InChI=1S/C23H42BN2O13P/c1-13(28)26-18-20(31)19(30)15(11-27)38-23(18)36-10-5-4-8-17(29)25-9-6-7-14-21(39-40(32,33)35-3)16(12-34-2)37-22(14)24/h14-16,18-23,27,30-31H,4-12H2,1-3H3,(H,25,29)(H,26,28)(H,32,33)/t14?,15-,16-,18-,19+,20-,21-,22-,23-/m1/s1. The molecule has 0 saturated carbocycles. The number of rotatable bonds is 17. The van der Waals surface area contributed by atoms with Gasteiger partial charge in [0, 0.05) is 52.6 Å². The molecule has 230 valence electrons. The van der Waals surface area contributed by atoms with Crippen LogP contribution in [0.2, 0.25) is 0 Å². The Bertz CT molecular complexity index is 843. The van der Waals surface area contributed by atoms with Crippen LogP contribution in [0.15, 0.2) is 0 Å². The van der Waals surface area contributed by atoms with Crippen molar-refractivity contribution in [3.05, 3.63) is 0 Å². The molecule has 15 nitrogen and oxygen atoms in total. The van der Waals surface area contributed by atoms with Crippen molar-refractivity contribution in [1.29, 1.82) is 0 Å². The summed E-state index contributed by atoms with van der Waals surface area (Å²) in [5.41, 5.74) is 0. The number of aliphatic hydroxyl groups is 3. The smallest absolute Gasteiger partial charge is 0.394 e. The number of unbranched alkanes of at least 4 members (excludes halogenated alkanes) is 1. The van der Waals surface area contributed by atoms with Gasteiger partial charge in [-0.15, -0.1) is 0 Å². The number of amides is 2. The maximum atomic E-state index is 12.2. The number of aliphatic hydroxyl groups excluding tert-OH is 3. The van der Waals surface area contributed by atoms with E-state index in [-0.39, 0.29) is 25.5 Å². The van der Waals surface area contributed by atoms with E-state index >= 15 is 0 Å². The second-order valence-electron chi connectivity index (χ2n) is 9.73. The minimum Gasteiger partial charge on any atom is -0.394 e. The van der Waals surface area contributed by atoms with Crippen LogP contribution in [0.5, 0.6) is 0 Å². The highest BCUT2D eigenvalue weighted by atomic mass is 31.2. The van der Waals surface area contributed by atoms with E-state index in [0.717, 1.165) is 7.11 Å². The molecule has 17 heteroatoms. The van der Waals surface area contributed by atoms with Crippen molar-refractivity contribution in [1.82, 2.24) is 10.6 Å². The molecule has 2 radical (unpaired) electrons. The van der Waals surface area contributed by atoms with Crippen molar-refractivity contribution < 1.29 is 62.4 Å². The molecule has 0 aromatic rings. The third-order valence-corrected chi connectivity index (χ3v) is 7.70.